The number of carboxylic acids is 1. The molecule has 1 aromatic carbocycles. The highest BCUT2D eigenvalue weighted by atomic mass is 16.4. The summed E-state index contributed by atoms with van der Waals surface area (Å²) >= 11 is 0. The number of amides is 1. The standard InChI is InChI=1S/C16H21NO4/c1-3-6-17(7-8-18)16(21)14-10-12(2)9-13(11-14)4-5-15(19)20/h4-5,9-11,18H,3,6-8H2,1-2H3,(H,19,20)/b5-4+. The molecule has 0 bridgehead atoms. The van der Waals surface area contributed by atoms with Crippen molar-refractivity contribution in [2.45, 2.75) is 20.3 Å². The monoisotopic (exact) mass is 291 g/mol. The highest BCUT2D eigenvalue weighted by Crippen LogP contribution is 2.14. The predicted molar refractivity (Wildman–Crippen MR) is 81.1 cm³/mol. The van der Waals surface area contributed by atoms with Crippen molar-refractivity contribution in [1.29, 1.82) is 0 Å². The Bertz CT molecular complexity index is 531. The number of benzene rings is 1. The molecule has 5 nitrogen and oxygen atoms in total. The minimum atomic E-state index is -1.03. The molecular formula is C16H21NO4. The lowest BCUT2D eigenvalue weighted by Crippen LogP contribution is -2.34. The molecule has 0 aliphatic rings. The van der Waals surface area contributed by atoms with Gasteiger partial charge in [0.05, 0.1) is 6.61 Å². The largest absolute Gasteiger partial charge is 0.478 e. The molecule has 0 atom stereocenters. The topological polar surface area (TPSA) is 77.8 Å². The molecule has 0 radical (unpaired) electrons. The number of rotatable bonds is 7. The molecule has 0 fully saturated rings. The van der Waals surface area contributed by atoms with Crippen molar-refractivity contribution < 1.29 is 19.8 Å². The second-order valence-corrected chi connectivity index (χ2v) is 4.82. The van der Waals surface area contributed by atoms with Gasteiger partial charge in [-0.3, -0.25) is 4.79 Å². The van der Waals surface area contributed by atoms with Crippen molar-refractivity contribution in [3.8, 4) is 0 Å². The van der Waals surface area contributed by atoms with E-state index in [1.54, 1.807) is 17.0 Å². The Morgan fingerprint density at radius 2 is 1.95 bits per heavy atom. The van der Waals surface area contributed by atoms with Crippen molar-refractivity contribution in [2.75, 3.05) is 19.7 Å². The number of aliphatic hydroxyl groups is 1. The number of carbonyl (C=O) groups is 2. The van der Waals surface area contributed by atoms with Gasteiger partial charge in [-0.1, -0.05) is 13.0 Å². The van der Waals surface area contributed by atoms with Gasteiger partial charge >= 0.3 is 5.97 Å². The van der Waals surface area contributed by atoms with E-state index < -0.39 is 5.97 Å². The summed E-state index contributed by atoms with van der Waals surface area (Å²) in [6.07, 6.45) is 3.31. The van der Waals surface area contributed by atoms with Gasteiger partial charge in [-0.25, -0.2) is 4.79 Å². The molecule has 5 heteroatoms. The van der Waals surface area contributed by atoms with Crippen molar-refractivity contribution in [2.24, 2.45) is 0 Å². The molecule has 0 spiro atoms. The van der Waals surface area contributed by atoms with E-state index in [0.717, 1.165) is 18.1 Å². The van der Waals surface area contributed by atoms with E-state index in [4.69, 9.17) is 10.2 Å². The fourth-order valence-corrected chi connectivity index (χ4v) is 2.09. The van der Waals surface area contributed by atoms with Crippen molar-refractivity contribution in [1.82, 2.24) is 4.90 Å². The highest BCUT2D eigenvalue weighted by molar-refractivity contribution is 5.95. The van der Waals surface area contributed by atoms with E-state index in [9.17, 15) is 9.59 Å². The van der Waals surface area contributed by atoms with Crippen molar-refractivity contribution in [3.63, 3.8) is 0 Å². The van der Waals surface area contributed by atoms with Crippen molar-refractivity contribution in [3.05, 3.63) is 41.0 Å². The minimum Gasteiger partial charge on any atom is -0.478 e. The molecule has 0 aromatic heterocycles. The Hall–Kier alpha value is -2.14. The number of aliphatic hydroxyl groups excluding tert-OH is 1. The van der Waals surface area contributed by atoms with Crippen LogP contribution >= 0.6 is 0 Å². The van der Waals surface area contributed by atoms with Crippen LogP contribution in [0, 0.1) is 6.92 Å². The van der Waals surface area contributed by atoms with Gasteiger partial charge in [-0.2, -0.15) is 0 Å². The average molecular weight is 291 g/mol. The SMILES string of the molecule is CCCN(CCO)C(=O)c1cc(C)cc(/C=C/C(=O)O)c1. The Morgan fingerprint density at radius 1 is 1.24 bits per heavy atom. The van der Waals surface area contributed by atoms with Gasteiger partial charge < -0.3 is 15.1 Å². The first-order valence-electron chi connectivity index (χ1n) is 6.90. The number of hydrogen-bond donors (Lipinski definition) is 2. The summed E-state index contributed by atoms with van der Waals surface area (Å²) in [5, 5.41) is 17.7. The van der Waals surface area contributed by atoms with Crippen LogP contribution in [0.4, 0.5) is 0 Å². The summed E-state index contributed by atoms with van der Waals surface area (Å²) < 4.78 is 0. The van der Waals surface area contributed by atoms with Crippen LogP contribution in [0.3, 0.4) is 0 Å². The Kier molecular flexibility index (Phi) is 6.62. The number of carbonyl (C=O) groups excluding carboxylic acids is 1. The van der Waals surface area contributed by atoms with E-state index in [2.05, 4.69) is 0 Å². The summed E-state index contributed by atoms with van der Waals surface area (Å²) in [6, 6.07) is 5.24. The Labute approximate surface area is 124 Å². The van der Waals surface area contributed by atoms with Crippen LogP contribution in [0.25, 0.3) is 6.08 Å². The van der Waals surface area contributed by atoms with Crippen LogP contribution in [0.5, 0.6) is 0 Å². The first-order chi connectivity index (χ1) is 9.97. The number of nitrogens with zero attached hydrogens (tertiary/aromatic N) is 1. The summed E-state index contributed by atoms with van der Waals surface area (Å²) in [5.74, 6) is -1.18. The number of carboxylic acid groups (broad SMARTS) is 1. The third kappa shape index (κ3) is 5.39. The van der Waals surface area contributed by atoms with Gasteiger partial charge in [-0.05, 0) is 42.7 Å². The molecule has 0 saturated heterocycles. The molecule has 2 N–H and O–H groups in total. The quantitative estimate of drug-likeness (QED) is 0.753. The second kappa shape index (κ2) is 8.21. The van der Waals surface area contributed by atoms with E-state index in [0.29, 0.717) is 24.2 Å². The molecule has 0 aliphatic carbocycles. The van der Waals surface area contributed by atoms with Gasteiger partial charge in [0.25, 0.3) is 5.91 Å². The van der Waals surface area contributed by atoms with Gasteiger partial charge in [0.2, 0.25) is 0 Å². The average Bonchev–Trinajstić information content (AvgIpc) is 2.43. The van der Waals surface area contributed by atoms with Crippen LogP contribution in [0.2, 0.25) is 0 Å². The normalized spacial score (nSPS) is 10.8. The molecule has 0 aliphatic heterocycles. The van der Waals surface area contributed by atoms with Crippen LogP contribution in [-0.4, -0.2) is 46.7 Å². The van der Waals surface area contributed by atoms with Crippen LogP contribution in [-0.2, 0) is 4.79 Å². The summed E-state index contributed by atoms with van der Waals surface area (Å²) in [4.78, 5) is 24.6. The molecule has 1 amide bonds. The molecule has 1 aromatic rings. The van der Waals surface area contributed by atoms with Crippen LogP contribution < -0.4 is 0 Å². The van der Waals surface area contributed by atoms with Crippen LogP contribution in [0.15, 0.2) is 24.3 Å². The Morgan fingerprint density at radius 3 is 2.52 bits per heavy atom. The van der Waals surface area contributed by atoms with E-state index in [1.807, 2.05) is 19.9 Å². The minimum absolute atomic E-state index is 0.0800. The zero-order valence-corrected chi connectivity index (χ0v) is 12.4. The highest BCUT2D eigenvalue weighted by Gasteiger charge is 2.15. The van der Waals surface area contributed by atoms with Gasteiger partial charge in [0.1, 0.15) is 0 Å². The molecule has 0 saturated carbocycles. The first kappa shape index (κ1) is 16.9. The maximum Gasteiger partial charge on any atom is 0.328 e. The lowest BCUT2D eigenvalue weighted by atomic mass is 10.0. The van der Waals surface area contributed by atoms with Crippen LogP contribution in [0.1, 0.15) is 34.8 Å². The lowest BCUT2D eigenvalue weighted by Gasteiger charge is -2.21. The fraction of sp³-hybridized carbons (Fsp3) is 0.375. The molecular weight excluding hydrogens is 270 g/mol. The number of aryl methyl sites for hydroxylation is 1. The second-order valence-electron chi connectivity index (χ2n) is 4.82. The van der Waals surface area contributed by atoms with E-state index in [1.165, 1.54) is 6.08 Å². The summed E-state index contributed by atoms with van der Waals surface area (Å²) in [6.45, 7) is 4.61. The third-order valence-corrected chi connectivity index (χ3v) is 2.92. The maximum atomic E-state index is 12.4. The van der Waals surface area contributed by atoms with Crippen molar-refractivity contribution >= 4 is 18.0 Å². The molecule has 0 heterocycles. The number of hydrogen-bond acceptors (Lipinski definition) is 3. The number of aliphatic carboxylic acids is 1. The molecule has 21 heavy (non-hydrogen) atoms. The molecule has 114 valence electrons. The smallest absolute Gasteiger partial charge is 0.328 e. The fourth-order valence-electron chi connectivity index (χ4n) is 2.09. The first-order valence-corrected chi connectivity index (χ1v) is 6.90. The zero-order chi connectivity index (χ0) is 15.8. The summed E-state index contributed by atoms with van der Waals surface area (Å²) in [5.41, 5.74) is 2.05. The maximum absolute atomic E-state index is 12.4. The molecule has 0 unspecified atom stereocenters. The third-order valence-electron chi connectivity index (χ3n) is 2.92. The zero-order valence-electron chi connectivity index (χ0n) is 12.4. The van der Waals surface area contributed by atoms with Gasteiger partial charge in [0.15, 0.2) is 0 Å². The predicted octanol–water partition coefficient (Wildman–Crippen LogP) is 1.94. The lowest BCUT2D eigenvalue weighted by molar-refractivity contribution is -0.131. The Balaban J connectivity index is 3.05. The molecule has 1 rings (SSSR count). The summed E-state index contributed by atoms with van der Waals surface area (Å²) in [7, 11) is 0. The van der Waals surface area contributed by atoms with Gasteiger partial charge in [-0.15, -0.1) is 0 Å². The van der Waals surface area contributed by atoms with E-state index in [-0.39, 0.29) is 12.5 Å². The van der Waals surface area contributed by atoms with Gasteiger partial charge in [0, 0.05) is 24.7 Å². The van der Waals surface area contributed by atoms with E-state index >= 15 is 0 Å².